The van der Waals surface area contributed by atoms with E-state index >= 15 is 0 Å². The van der Waals surface area contributed by atoms with Gasteiger partial charge in [0, 0.05) is 42.8 Å². The third-order valence-electron chi connectivity index (χ3n) is 4.87. The SMILES string of the molecule is COCCCNCc1c(C(=O)O)n(Cc2ccccc2F)c2cc(OC)ccc12. The van der Waals surface area contributed by atoms with Crippen LogP contribution in [-0.2, 0) is 17.8 Å². The normalized spacial score (nSPS) is 11.1. The van der Waals surface area contributed by atoms with Gasteiger partial charge in [0.1, 0.15) is 17.3 Å². The zero-order chi connectivity index (χ0) is 20.8. The van der Waals surface area contributed by atoms with Gasteiger partial charge < -0.3 is 24.5 Å². The first-order valence-corrected chi connectivity index (χ1v) is 9.42. The molecule has 0 aliphatic heterocycles. The summed E-state index contributed by atoms with van der Waals surface area (Å²) in [7, 11) is 3.20. The Balaban J connectivity index is 2.07. The standard InChI is InChI=1S/C22H25FN2O4/c1-28-11-5-10-24-13-18-17-9-8-16(29-2)12-20(17)25(21(18)22(26)27)14-15-6-3-4-7-19(15)23/h3-4,6-9,12,24H,5,10-11,13-14H2,1-2H3,(H,26,27). The van der Waals surface area contributed by atoms with E-state index in [1.165, 1.54) is 6.07 Å². The largest absolute Gasteiger partial charge is 0.497 e. The molecule has 0 atom stereocenters. The molecule has 2 N–H and O–H groups in total. The highest BCUT2D eigenvalue weighted by Crippen LogP contribution is 2.31. The Morgan fingerprint density at radius 2 is 2.00 bits per heavy atom. The molecular formula is C22H25FN2O4. The summed E-state index contributed by atoms with van der Waals surface area (Å²) in [6.07, 6.45) is 0.820. The molecule has 3 aromatic rings. The van der Waals surface area contributed by atoms with Crippen LogP contribution in [0.4, 0.5) is 4.39 Å². The van der Waals surface area contributed by atoms with E-state index in [0.29, 0.717) is 42.1 Å². The van der Waals surface area contributed by atoms with Crippen LogP contribution in [0.25, 0.3) is 10.9 Å². The Labute approximate surface area is 168 Å². The first-order chi connectivity index (χ1) is 14.1. The number of carbonyl (C=O) groups is 1. The molecule has 7 heteroatoms. The van der Waals surface area contributed by atoms with E-state index in [4.69, 9.17) is 9.47 Å². The second-order valence-corrected chi connectivity index (χ2v) is 6.72. The van der Waals surface area contributed by atoms with Crippen LogP contribution >= 0.6 is 0 Å². The number of carboxylic acids is 1. The third kappa shape index (κ3) is 4.58. The van der Waals surface area contributed by atoms with Gasteiger partial charge in [-0.05, 0) is 31.2 Å². The summed E-state index contributed by atoms with van der Waals surface area (Å²) >= 11 is 0. The van der Waals surface area contributed by atoms with Gasteiger partial charge >= 0.3 is 5.97 Å². The number of halogens is 1. The molecule has 0 fully saturated rings. The van der Waals surface area contributed by atoms with Gasteiger partial charge in [0.15, 0.2) is 0 Å². The second-order valence-electron chi connectivity index (χ2n) is 6.72. The van der Waals surface area contributed by atoms with Crippen molar-refractivity contribution in [2.45, 2.75) is 19.5 Å². The first-order valence-electron chi connectivity index (χ1n) is 9.42. The molecule has 154 valence electrons. The predicted molar refractivity (Wildman–Crippen MR) is 109 cm³/mol. The number of nitrogens with zero attached hydrogens (tertiary/aromatic N) is 1. The van der Waals surface area contributed by atoms with Gasteiger partial charge in [-0.1, -0.05) is 18.2 Å². The number of fused-ring (bicyclic) bond motifs is 1. The quantitative estimate of drug-likeness (QED) is 0.508. The van der Waals surface area contributed by atoms with Gasteiger partial charge in [-0.15, -0.1) is 0 Å². The van der Waals surface area contributed by atoms with Crippen LogP contribution in [0, 0.1) is 5.82 Å². The number of carboxylic acid groups (broad SMARTS) is 1. The third-order valence-corrected chi connectivity index (χ3v) is 4.87. The zero-order valence-corrected chi connectivity index (χ0v) is 16.6. The zero-order valence-electron chi connectivity index (χ0n) is 16.6. The Hall–Kier alpha value is -2.90. The highest BCUT2D eigenvalue weighted by Gasteiger charge is 2.23. The van der Waals surface area contributed by atoms with Crippen molar-refractivity contribution in [2.24, 2.45) is 0 Å². The average Bonchev–Trinajstić information content (AvgIpc) is 3.02. The van der Waals surface area contributed by atoms with Crippen molar-refractivity contribution in [3.63, 3.8) is 0 Å². The van der Waals surface area contributed by atoms with Gasteiger partial charge in [0.25, 0.3) is 0 Å². The number of benzene rings is 2. The second kappa shape index (κ2) is 9.54. The molecule has 0 amide bonds. The lowest BCUT2D eigenvalue weighted by molar-refractivity contribution is 0.0684. The smallest absolute Gasteiger partial charge is 0.352 e. The molecule has 2 aromatic carbocycles. The Kier molecular flexibility index (Phi) is 6.85. The lowest BCUT2D eigenvalue weighted by atomic mass is 10.1. The van der Waals surface area contributed by atoms with Crippen molar-refractivity contribution in [2.75, 3.05) is 27.4 Å². The minimum absolute atomic E-state index is 0.113. The van der Waals surface area contributed by atoms with Crippen molar-refractivity contribution in [1.82, 2.24) is 9.88 Å². The van der Waals surface area contributed by atoms with Gasteiger partial charge in [0.2, 0.25) is 0 Å². The number of ether oxygens (including phenoxy) is 2. The molecule has 3 rings (SSSR count). The lowest BCUT2D eigenvalue weighted by Gasteiger charge is -2.11. The van der Waals surface area contributed by atoms with Crippen LogP contribution in [0.5, 0.6) is 5.75 Å². The molecule has 0 saturated heterocycles. The van der Waals surface area contributed by atoms with E-state index < -0.39 is 5.97 Å². The highest BCUT2D eigenvalue weighted by molar-refractivity contribution is 5.98. The summed E-state index contributed by atoms with van der Waals surface area (Å²) < 4.78 is 26.3. The summed E-state index contributed by atoms with van der Waals surface area (Å²) in [5, 5.41) is 14.1. The summed E-state index contributed by atoms with van der Waals surface area (Å²) in [6.45, 7) is 1.83. The highest BCUT2D eigenvalue weighted by atomic mass is 19.1. The van der Waals surface area contributed by atoms with E-state index in [1.807, 2.05) is 6.07 Å². The van der Waals surface area contributed by atoms with E-state index in [2.05, 4.69) is 5.32 Å². The van der Waals surface area contributed by atoms with Crippen molar-refractivity contribution < 1.29 is 23.8 Å². The number of hydrogen-bond acceptors (Lipinski definition) is 4. The lowest BCUT2D eigenvalue weighted by Crippen LogP contribution is -2.19. The Morgan fingerprint density at radius 1 is 1.21 bits per heavy atom. The van der Waals surface area contributed by atoms with Crippen LogP contribution in [0.3, 0.4) is 0 Å². The van der Waals surface area contributed by atoms with E-state index in [9.17, 15) is 14.3 Å². The number of nitrogens with one attached hydrogen (secondary N) is 1. The number of methoxy groups -OCH3 is 2. The summed E-state index contributed by atoms with van der Waals surface area (Å²) in [5.41, 5.74) is 1.94. The average molecular weight is 400 g/mol. The van der Waals surface area contributed by atoms with Gasteiger partial charge in [-0.3, -0.25) is 0 Å². The maximum Gasteiger partial charge on any atom is 0.352 e. The number of aromatic carboxylic acids is 1. The number of hydrogen-bond donors (Lipinski definition) is 2. The predicted octanol–water partition coefficient (Wildman–Crippen LogP) is 3.66. The van der Waals surface area contributed by atoms with Gasteiger partial charge in [-0.2, -0.15) is 0 Å². The molecule has 0 aliphatic carbocycles. The fourth-order valence-corrected chi connectivity index (χ4v) is 3.47. The molecule has 0 aliphatic rings. The minimum Gasteiger partial charge on any atom is -0.497 e. The maximum atomic E-state index is 14.3. The molecule has 1 heterocycles. The molecular weight excluding hydrogens is 375 g/mol. The molecule has 1 aromatic heterocycles. The molecule has 0 unspecified atom stereocenters. The van der Waals surface area contributed by atoms with Crippen molar-refractivity contribution in [3.05, 3.63) is 65.1 Å². The Bertz CT molecular complexity index is 1000. The van der Waals surface area contributed by atoms with Crippen LogP contribution in [-0.4, -0.2) is 43.0 Å². The summed E-state index contributed by atoms with van der Waals surface area (Å²) in [4.78, 5) is 12.2. The summed E-state index contributed by atoms with van der Waals surface area (Å²) in [5.74, 6) is -0.806. The monoisotopic (exact) mass is 400 g/mol. The van der Waals surface area contributed by atoms with E-state index in [-0.39, 0.29) is 18.1 Å². The molecule has 0 spiro atoms. The maximum absolute atomic E-state index is 14.3. The number of rotatable bonds is 10. The van der Waals surface area contributed by atoms with Crippen molar-refractivity contribution in [3.8, 4) is 5.75 Å². The van der Waals surface area contributed by atoms with Crippen molar-refractivity contribution >= 4 is 16.9 Å². The Morgan fingerprint density at radius 3 is 2.69 bits per heavy atom. The van der Waals surface area contributed by atoms with Crippen LogP contribution in [0.15, 0.2) is 42.5 Å². The minimum atomic E-state index is -1.05. The van der Waals surface area contributed by atoms with Crippen molar-refractivity contribution in [1.29, 1.82) is 0 Å². The van der Waals surface area contributed by atoms with E-state index in [1.54, 1.807) is 49.1 Å². The first kappa shape index (κ1) is 20.8. The molecule has 0 saturated carbocycles. The molecule has 0 bridgehead atoms. The van der Waals surface area contributed by atoms with Crippen LogP contribution < -0.4 is 10.1 Å². The van der Waals surface area contributed by atoms with Crippen LogP contribution in [0.1, 0.15) is 28.0 Å². The number of aromatic nitrogens is 1. The molecule has 6 nitrogen and oxygen atoms in total. The topological polar surface area (TPSA) is 72.7 Å². The van der Waals surface area contributed by atoms with Crippen LogP contribution in [0.2, 0.25) is 0 Å². The van der Waals surface area contributed by atoms with Gasteiger partial charge in [0.05, 0.1) is 19.2 Å². The molecule has 29 heavy (non-hydrogen) atoms. The molecule has 0 radical (unpaired) electrons. The van der Waals surface area contributed by atoms with E-state index in [0.717, 1.165) is 11.8 Å². The fourth-order valence-electron chi connectivity index (χ4n) is 3.47. The van der Waals surface area contributed by atoms with Gasteiger partial charge in [-0.25, -0.2) is 9.18 Å². The fraction of sp³-hybridized carbons (Fsp3) is 0.318. The summed E-state index contributed by atoms with van der Waals surface area (Å²) in [6, 6.07) is 11.8.